The van der Waals surface area contributed by atoms with Crippen LogP contribution in [0.15, 0.2) is 72.8 Å². The Balaban J connectivity index is 1.55. The molecule has 0 N–H and O–H groups in total. The molecule has 0 saturated carbocycles. The minimum absolute atomic E-state index is 0.395. The van der Waals surface area contributed by atoms with Gasteiger partial charge in [-0.15, -0.1) is 0 Å². The van der Waals surface area contributed by atoms with Crippen molar-refractivity contribution in [2.45, 2.75) is 45.8 Å². The fraction of sp³-hybridized carbons (Fsp3) is 0.276. The number of carbonyl (C=O) groups is 1. The van der Waals surface area contributed by atoms with E-state index < -0.39 is 14.0 Å². The van der Waals surface area contributed by atoms with Gasteiger partial charge in [-0.3, -0.25) is 0 Å². The maximum Gasteiger partial charge on any atom is 0.343 e. The number of rotatable bonds is 8. The SMILES string of the molecule is CCCCCOc1ccc(C(=O)Oc2ccc(C#Cc3ccc([Si](C)(C)C)cc3)cc2)cc1. The number of hydrogen-bond donors (Lipinski definition) is 0. The van der Waals surface area contributed by atoms with Crippen molar-refractivity contribution in [2.24, 2.45) is 0 Å². The summed E-state index contributed by atoms with van der Waals surface area (Å²) in [7, 11) is -1.29. The highest BCUT2D eigenvalue weighted by Crippen LogP contribution is 2.17. The fourth-order valence-electron chi connectivity index (χ4n) is 3.20. The highest BCUT2D eigenvalue weighted by molar-refractivity contribution is 6.88. The van der Waals surface area contributed by atoms with Crippen molar-refractivity contribution in [3.63, 3.8) is 0 Å². The van der Waals surface area contributed by atoms with E-state index in [1.165, 1.54) is 5.19 Å². The molecule has 0 aromatic heterocycles. The summed E-state index contributed by atoms with van der Waals surface area (Å²) in [5.74, 6) is 7.23. The van der Waals surface area contributed by atoms with E-state index in [0.29, 0.717) is 17.9 Å². The number of esters is 1. The van der Waals surface area contributed by atoms with E-state index >= 15 is 0 Å². The van der Waals surface area contributed by atoms with Gasteiger partial charge in [0.25, 0.3) is 0 Å². The van der Waals surface area contributed by atoms with Crippen molar-refractivity contribution < 1.29 is 14.3 Å². The Bertz CT molecular complexity index is 1100. The van der Waals surface area contributed by atoms with E-state index in [-0.39, 0.29) is 0 Å². The van der Waals surface area contributed by atoms with Gasteiger partial charge in [0, 0.05) is 11.1 Å². The van der Waals surface area contributed by atoms with E-state index in [2.05, 4.69) is 62.7 Å². The predicted octanol–water partition coefficient (Wildman–Crippen LogP) is 6.42. The second-order valence-corrected chi connectivity index (χ2v) is 14.1. The highest BCUT2D eigenvalue weighted by atomic mass is 28.3. The summed E-state index contributed by atoms with van der Waals surface area (Å²) in [6, 6.07) is 22.8. The van der Waals surface area contributed by atoms with E-state index in [1.807, 2.05) is 12.1 Å². The van der Waals surface area contributed by atoms with Crippen molar-refractivity contribution in [1.82, 2.24) is 0 Å². The van der Waals surface area contributed by atoms with Gasteiger partial charge in [0.15, 0.2) is 0 Å². The van der Waals surface area contributed by atoms with Crippen LogP contribution >= 0.6 is 0 Å². The normalized spacial score (nSPS) is 10.8. The molecule has 0 amide bonds. The number of benzene rings is 3. The maximum atomic E-state index is 12.4. The van der Waals surface area contributed by atoms with Crippen LogP contribution in [-0.4, -0.2) is 20.7 Å². The average Bonchev–Trinajstić information content (AvgIpc) is 2.81. The monoisotopic (exact) mass is 456 g/mol. The van der Waals surface area contributed by atoms with Gasteiger partial charge in [-0.25, -0.2) is 4.79 Å². The van der Waals surface area contributed by atoms with Crippen molar-refractivity contribution in [1.29, 1.82) is 0 Å². The summed E-state index contributed by atoms with van der Waals surface area (Å²) in [4.78, 5) is 12.4. The van der Waals surface area contributed by atoms with Crippen LogP contribution in [-0.2, 0) is 0 Å². The van der Waals surface area contributed by atoms with E-state index in [9.17, 15) is 4.79 Å². The van der Waals surface area contributed by atoms with Gasteiger partial charge in [0.1, 0.15) is 11.5 Å². The van der Waals surface area contributed by atoms with Gasteiger partial charge in [0.2, 0.25) is 0 Å². The largest absolute Gasteiger partial charge is 0.494 e. The molecule has 0 unspecified atom stereocenters. The van der Waals surface area contributed by atoms with Crippen LogP contribution in [0.3, 0.4) is 0 Å². The van der Waals surface area contributed by atoms with Crippen LogP contribution in [0.5, 0.6) is 11.5 Å². The lowest BCUT2D eigenvalue weighted by Crippen LogP contribution is -2.37. The van der Waals surface area contributed by atoms with Gasteiger partial charge < -0.3 is 9.47 Å². The van der Waals surface area contributed by atoms with Gasteiger partial charge in [-0.05, 0) is 67.1 Å². The molecule has 3 aromatic carbocycles. The quantitative estimate of drug-likeness (QED) is 0.129. The smallest absolute Gasteiger partial charge is 0.343 e. The lowest BCUT2D eigenvalue weighted by atomic mass is 10.2. The highest BCUT2D eigenvalue weighted by Gasteiger charge is 2.15. The van der Waals surface area contributed by atoms with Crippen molar-refractivity contribution in [2.75, 3.05) is 6.61 Å². The van der Waals surface area contributed by atoms with Crippen LogP contribution in [0.1, 0.15) is 47.7 Å². The lowest BCUT2D eigenvalue weighted by Gasteiger charge is -2.15. The summed E-state index contributed by atoms with van der Waals surface area (Å²) in [5, 5.41) is 1.42. The van der Waals surface area contributed by atoms with Crippen LogP contribution < -0.4 is 14.7 Å². The zero-order valence-electron chi connectivity index (χ0n) is 20.0. The Morgan fingerprint density at radius 2 is 1.30 bits per heavy atom. The summed E-state index contributed by atoms with van der Waals surface area (Å²) in [5.41, 5.74) is 2.35. The molecule has 3 nitrogen and oxygen atoms in total. The topological polar surface area (TPSA) is 35.5 Å². The molecular formula is C29H32O3Si. The minimum Gasteiger partial charge on any atom is -0.494 e. The predicted molar refractivity (Wildman–Crippen MR) is 138 cm³/mol. The molecule has 0 fully saturated rings. The van der Waals surface area contributed by atoms with E-state index in [4.69, 9.17) is 9.47 Å². The lowest BCUT2D eigenvalue weighted by molar-refractivity contribution is 0.0734. The minimum atomic E-state index is -1.29. The molecule has 3 rings (SSSR count). The van der Waals surface area contributed by atoms with Gasteiger partial charge in [-0.2, -0.15) is 0 Å². The Hall–Kier alpha value is -3.29. The standard InChI is InChI=1S/C29H32O3Si/c1-5-6-7-22-31-26-18-14-25(15-19-26)29(30)32-27-16-10-23(11-17-27)8-9-24-12-20-28(21-13-24)33(2,3)4/h10-21H,5-7,22H2,1-4H3. The Kier molecular flexibility index (Phi) is 8.51. The Morgan fingerprint density at radius 3 is 1.85 bits per heavy atom. The third-order valence-electron chi connectivity index (χ3n) is 5.27. The molecule has 170 valence electrons. The van der Waals surface area contributed by atoms with Gasteiger partial charge in [0.05, 0.1) is 20.2 Å². The fourth-order valence-corrected chi connectivity index (χ4v) is 4.37. The molecule has 0 atom stereocenters. The molecule has 0 aliphatic rings. The van der Waals surface area contributed by atoms with Crippen LogP contribution in [0.25, 0.3) is 0 Å². The van der Waals surface area contributed by atoms with Gasteiger partial charge >= 0.3 is 5.97 Å². The Morgan fingerprint density at radius 1 is 0.758 bits per heavy atom. The Labute approximate surface area is 198 Å². The molecule has 33 heavy (non-hydrogen) atoms. The second kappa shape index (κ2) is 11.5. The van der Waals surface area contributed by atoms with Crippen LogP contribution in [0.2, 0.25) is 19.6 Å². The molecule has 0 aliphatic heterocycles. The van der Waals surface area contributed by atoms with Crippen LogP contribution in [0, 0.1) is 11.8 Å². The number of ether oxygens (including phenoxy) is 2. The number of carbonyl (C=O) groups excluding carboxylic acids is 1. The first kappa shape index (κ1) is 24.4. The van der Waals surface area contributed by atoms with Crippen molar-refractivity contribution in [3.05, 3.63) is 89.5 Å². The molecule has 0 bridgehead atoms. The molecular weight excluding hydrogens is 424 g/mol. The third-order valence-corrected chi connectivity index (χ3v) is 7.34. The molecule has 0 heterocycles. The summed E-state index contributed by atoms with van der Waals surface area (Å²) >= 11 is 0. The first-order chi connectivity index (χ1) is 15.8. The zero-order valence-corrected chi connectivity index (χ0v) is 21.0. The molecule has 0 radical (unpaired) electrons. The molecule has 0 spiro atoms. The number of unbranched alkanes of at least 4 members (excludes halogenated alkanes) is 2. The first-order valence-electron chi connectivity index (χ1n) is 11.5. The molecule has 0 saturated heterocycles. The van der Waals surface area contributed by atoms with E-state index in [0.717, 1.165) is 36.1 Å². The van der Waals surface area contributed by atoms with Crippen LogP contribution in [0.4, 0.5) is 0 Å². The zero-order chi connectivity index (χ0) is 23.7. The first-order valence-corrected chi connectivity index (χ1v) is 15.0. The second-order valence-electron chi connectivity index (χ2n) is 9.07. The maximum absolute atomic E-state index is 12.4. The average molecular weight is 457 g/mol. The molecule has 4 heteroatoms. The van der Waals surface area contributed by atoms with Crippen molar-refractivity contribution in [3.8, 4) is 23.3 Å². The van der Waals surface area contributed by atoms with Gasteiger partial charge in [-0.1, -0.05) is 68.6 Å². The summed E-state index contributed by atoms with van der Waals surface area (Å²) in [6.07, 6.45) is 3.35. The van der Waals surface area contributed by atoms with E-state index in [1.54, 1.807) is 36.4 Å². The summed E-state index contributed by atoms with van der Waals surface area (Å²) < 4.78 is 11.2. The number of hydrogen-bond acceptors (Lipinski definition) is 3. The molecule has 3 aromatic rings. The van der Waals surface area contributed by atoms with Crippen molar-refractivity contribution >= 4 is 19.2 Å². The molecule has 0 aliphatic carbocycles. The third kappa shape index (κ3) is 7.66. The summed E-state index contributed by atoms with van der Waals surface area (Å²) in [6.45, 7) is 9.86.